The minimum atomic E-state index is -1.97. The van der Waals surface area contributed by atoms with Crippen LogP contribution in [0.2, 0.25) is 0 Å². The summed E-state index contributed by atoms with van der Waals surface area (Å²) in [7, 11) is -0.596. The second-order valence-electron chi connectivity index (χ2n) is 3.19. The minimum Gasteiger partial charge on any atom is -0.267 e. The number of hydrogen-bond acceptors (Lipinski definition) is 1. The number of benzene rings is 1. The van der Waals surface area contributed by atoms with Gasteiger partial charge in [-0.2, -0.15) is 4.36 Å². The van der Waals surface area contributed by atoms with Crippen LogP contribution in [0.25, 0.3) is 0 Å². The molecular weight excluding hydrogens is 289 g/mol. The summed E-state index contributed by atoms with van der Waals surface area (Å²) in [5, 5.41) is 0. The van der Waals surface area contributed by atoms with Crippen molar-refractivity contribution in [1.82, 2.24) is 0 Å². The summed E-state index contributed by atoms with van der Waals surface area (Å²) >= 11 is 16.3. The van der Waals surface area contributed by atoms with E-state index in [9.17, 15) is 4.79 Å². The number of carbonyl (C=O) groups is 1. The van der Waals surface area contributed by atoms with Crippen molar-refractivity contribution in [2.75, 3.05) is 6.26 Å². The van der Waals surface area contributed by atoms with E-state index in [-0.39, 0.29) is 0 Å². The third kappa shape index (κ3) is 4.06. The fourth-order valence-electron chi connectivity index (χ4n) is 0.964. The number of amides is 1. The summed E-state index contributed by atoms with van der Waals surface area (Å²) in [6, 6.07) is 7.73. The Bertz CT molecular complexity index is 423. The van der Waals surface area contributed by atoms with Gasteiger partial charge in [0.15, 0.2) is 0 Å². The van der Waals surface area contributed by atoms with Crippen molar-refractivity contribution >= 4 is 51.4 Å². The number of alkyl halides is 3. The molecule has 0 aliphatic heterocycles. The van der Waals surface area contributed by atoms with E-state index in [1.807, 2.05) is 31.2 Å². The van der Waals surface area contributed by atoms with Crippen LogP contribution < -0.4 is 0 Å². The van der Waals surface area contributed by atoms with Crippen molar-refractivity contribution < 1.29 is 4.79 Å². The van der Waals surface area contributed by atoms with Gasteiger partial charge in [-0.3, -0.25) is 4.79 Å². The molecule has 2 nitrogen and oxygen atoms in total. The van der Waals surface area contributed by atoms with Crippen LogP contribution in [0.3, 0.4) is 0 Å². The van der Waals surface area contributed by atoms with Gasteiger partial charge in [-0.15, -0.1) is 0 Å². The van der Waals surface area contributed by atoms with Crippen LogP contribution in [0.15, 0.2) is 33.5 Å². The SMILES string of the molecule is Cc1ccc(S(C)=NC(=O)C(Cl)(Cl)Cl)cc1. The molecule has 1 amide bonds. The molecule has 88 valence electrons. The molecule has 0 aromatic heterocycles. The molecule has 0 saturated carbocycles. The summed E-state index contributed by atoms with van der Waals surface area (Å²) < 4.78 is 1.87. The van der Waals surface area contributed by atoms with Gasteiger partial charge in [0.2, 0.25) is 0 Å². The van der Waals surface area contributed by atoms with Crippen molar-refractivity contribution in [3.05, 3.63) is 29.8 Å². The Morgan fingerprint density at radius 1 is 1.25 bits per heavy atom. The first-order valence-electron chi connectivity index (χ1n) is 4.36. The van der Waals surface area contributed by atoms with E-state index >= 15 is 0 Å². The maximum absolute atomic E-state index is 11.4. The molecule has 1 atom stereocenters. The highest BCUT2D eigenvalue weighted by atomic mass is 35.6. The summed E-state index contributed by atoms with van der Waals surface area (Å²) in [4.78, 5) is 12.3. The molecule has 0 spiro atoms. The van der Waals surface area contributed by atoms with Crippen molar-refractivity contribution in [3.8, 4) is 0 Å². The largest absolute Gasteiger partial charge is 0.303 e. The Labute approximate surface area is 112 Å². The highest BCUT2D eigenvalue weighted by Gasteiger charge is 2.30. The van der Waals surface area contributed by atoms with Gasteiger partial charge in [-0.05, 0) is 25.3 Å². The van der Waals surface area contributed by atoms with Crippen LogP contribution in [-0.4, -0.2) is 16.0 Å². The van der Waals surface area contributed by atoms with Crippen molar-refractivity contribution in [1.29, 1.82) is 0 Å². The number of halogens is 3. The first-order valence-corrected chi connectivity index (χ1v) is 7.08. The fourth-order valence-corrected chi connectivity index (χ4v) is 2.26. The fraction of sp³-hybridized carbons (Fsp3) is 0.300. The average molecular weight is 299 g/mol. The number of carbonyl (C=O) groups excluding carboxylic acids is 1. The number of rotatable bonds is 1. The lowest BCUT2D eigenvalue weighted by Gasteiger charge is -2.07. The second kappa shape index (κ2) is 5.50. The van der Waals surface area contributed by atoms with Crippen LogP contribution in [-0.2, 0) is 15.5 Å². The maximum atomic E-state index is 11.4. The zero-order chi connectivity index (χ0) is 12.3. The molecule has 1 aromatic rings. The highest BCUT2D eigenvalue weighted by Crippen LogP contribution is 2.28. The summed E-state index contributed by atoms with van der Waals surface area (Å²) in [6.45, 7) is 1.99. The number of aryl methyl sites for hydroxylation is 1. The van der Waals surface area contributed by atoms with E-state index in [1.54, 1.807) is 6.26 Å². The minimum absolute atomic E-state index is 0.596. The monoisotopic (exact) mass is 297 g/mol. The molecule has 0 radical (unpaired) electrons. The highest BCUT2D eigenvalue weighted by molar-refractivity contribution is 7.87. The number of hydrogen-bond donors (Lipinski definition) is 0. The van der Waals surface area contributed by atoms with Gasteiger partial charge < -0.3 is 0 Å². The van der Waals surface area contributed by atoms with Crippen LogP contribution in [0.1, 0.15) is 5.56 Å². The Hall–Kier alpha value is -0.0900. The number of nitrogens with zero attached hydrogens (tertiary/aromatic N) is 1. The van der Waals surface area contributed by atoms with Crippen molar-refractivity contribution in [2.45, 2.75) is 15.6 Å². The summed E-state index contributed by atoms with van der Waals surface area (Å²) in [5.41, 5.74) is 1.15. The van der Waals surface area contributed by atoms with E-state index < -0.39 is 20.4 Å². The van der Waals surface area contributed by atoms with Crippen molar-refractivity contribution in [2.24, 2.45) is 4.36 Å². The van der Waals surface area contributed by atoms with Crippen LogP contribution in [0, 0.1) is 6.92 Å². The lowest BCUT2D eigenvalue weighted by Crippen LogP contribution is -2.16. The van der Waals surface area contributed by atoms with Gasteiger partial charge in [0.05, 0.1) is 0 Å². The molecule has 0 heterocycles. The molecule has 0 bridgehead atoms. The first kappa shape index (κ1) is 14.0. The van der Waals surface area contributed by atoms with Gasteiger partial charge in [0.25, 0.3) is 3.79 Å². The summed E-state index contributed by atoms with van der Waals surface area (Å²) in [6.07, 6.45) is 1.80. The molecule has 16 heavy (non-hydrogen) atoms. The van der Waals surface area contributed by atoms with E-state index in [0.29, 0.717) is 0 Å². The second-order valence-corrected chi connectivity index (χ2v) is 7.08. The van der Waals surface area contributed by atoms with Gasteiger partial charge >= 0.3 is 5.91 Å². The Balaban J connectivity index is 2.94. The van der Waals surface area contributed by atoms with E-state index in [4.69, 9.17) is 34.8 Å². The predicted molar refractivity (Wildman–Crippen MR) is 70.5 cm³/mol. The lowest BCUT2D eigenvalue weighted by molar-refractivity contribution is -0.116. The van der Waals surface area contributed by atoms with Gasteiger partial charge in [-0.25, -0.2) is 0 Å². The topological polar surface area (TPSA) is 29.4 Å². The summed E-state index contributed by atoms with van der Waals surface area (Å²) in [5.74, 6) is -0.732. The average Bonchev–Trinajstić information content (AvgIpc) is 2.17. The van der Waals surface area contributed by atoms with Gasteiger partial charge in [-0.1, -0.05) is 63.2 Å². The molecule has 1 rings (SSSR count). The standard InChI is InChI=1S/C10H10Cl3NOS/c1-7-3-5-8(6-4-7)16(2)14-9(15)10(11,12)13/h3-6H,1-2H3. The van der Waals surface area contributed by atoms with Crippen molar-refractivity contribution in [3.63, 3.8) is 0 Å². The van der Waals surface area contributed by atoms with E-state index in [2.05, 4.69) is 4.36 Å². The molecule has 0 N–H and O–H groups in total. The Kier molecular flexibility index (Phi) is 4.80. The smallest absolute Gasteiger partial charge is 0.267 e. The molecule has 0 fully saturated rings. The van der Waals surface area contributed by atoms with Crippen LogP contribution in [0.5, 0.6) is 0 Å². The Morgan fingerprint density at radius 3 is 2.19 bits per heavy atom. The third-order valence-corrected chi connectivity index (χ3v) is 3.70. The molecule has 1 aromatic carbocycles. The molecule has 0 aliphatic rings. The van der Waals surface area contributed by atoms with Gasteiger partial charge in [0, 0.05) is 4.90 Å². The molecule has 1 unspecified atom stereocenters. The molecule has 0 aliphatic carbocycles. The third-order valence-electron chi connectivity index (χ3n) is 1.82. The van der Waals surface area contributed by atoms with E-state index in [1.165, 1.54) is 0 Å². The Morgan fingerprint density at radius 2 is 1.75 bits per heavy atom. The molecule has 6 heteroatoms. The zero-order valence-electron chi connectivity index (χ0n) is 8.71. The maximum Gasteiger partial charge on any atom is 0.303 e. The molecule has 0 saturated heterocycles. The quantitative estimate of drug-likeness (QED) is 0.727. The normalized spacial score (nSPS) is 13.8. The lowest BCUT2D eigenvalue weighted by atomic mass is 10.2. The van der Waals surface area contributed by atoms with E-state index in [0.717, 1.165) is 10.5 Å². The van der Waals surface area contributed by atoms with Gasteiger partial charge in [0.1, 0.15) is 0 Å². The predicted octanol–water partition coefficient (Wildman–Crippen LogP) is 3.68. The zero-order valence-corrected chi connectivity index (χ0v) is 11.8. The molecular formula is C10H10Cl3NOS. The van der Waals surface area contributed by atoms with Crippen LogP contribution in [0.4, 0.5) is 0 Å². The first-order chi connectivity index (χ1) is 7.30. The van der Waals surface area contributed by atoms with Crippen LogP contribution >= 0.6 is 34.8 Å².